The van der Waals surface area contributed by atoms with Crippen LogP contribution in [0.1, 0.15) is 12.6 Å². The zero-order valence-electron chi connectivity index (χ0n) is 17.0. The van der Waals surface area contributed by atoms with Crippen molar-refractivity contribution in [3.8, 4) is 17.0 Å². The van der Waals surface area contributed by atoms with Crippen LogP contribution in [0.2, 0.25) is 0 Å². The van der Waals surface area contributed by atoms with Crippen molar-refractivity contribution < 1.29 is 4.74 Å². The summed E-state index contributed by atoms with van der Waals surface area (Å²) in [6.07, 6.45) is 5.72. The van der Waals surface area contributed by atoms with E-state index in [1.807, 2.05) is 61.7 Å². The predicted octanol–water partition coefficient (Wildman–Crippen LogP) is 4.71. The molecule has 0 amide bonds. The SMILES string of the molecule is C=CCN(CC=C)Cc1c(-c2ccc(OCC(=C)C)cc2)nc2ccc(N)cn12. The van der Waals surface area contributed by atoms with Crippen molar-refractivity contribution in [2.24, 2.45) is 0 Å². The Morgan fingerprint density at radius 3 is 2.45 bits per heavy atom. The third kappa shape index (κ3) is 4.95. The second kappa shape index (κ2) is 9.26. The maximum absolute atomic E-state index is 6.05. The smallest absolute Gasteiger partial charge is 0.137 e. The zero-order chi connectivity index (χ0) is 20.8. The third-order valence-electron chi connectivity index (χ3n) is 4.50. The van der Waals surface area contributed by atoms with Crippen LogP contribution in [-0.4, -0.2) is 34.0 Å². The highest BCUT2D eigenvalue weighted by atomic mass is 16.5. The lowest BCUT2D eigenvalue weighted by Gasteiger charge is -2.19. The average molecular weight is 389 g/mol. The van der Waals surface area contributed by atoms with Gasteiger partial charge in [0.25, 0.3) is 0 Å². The van der Waals surface area contributed by atoms with Gasteiger partial charge < -0.3 is 14.9 Å². The molecule has 5 nitrogen and oxygen atoms in total. The van der Waals surface area contributed by atoms with Gasteiger partial charge in [-0.2, -0.15) is 0 Å². The summed E-state index contributed by atoms with van der Waals surface area (Å²) in [5, 5.41) is 0. The van der Waals surface area contributed by atoms with Crippen molar-refractivity contribution in [1.82, 2.24) is 14.3 Å². The lowest BCUT2D eigenvalue weighted by atomic mass is 10.1. The minimum Gasteiger partial charge on any atom is -0.489 e. The topological polar surface area (TPSA) is 55.8 Å². The van der Waals surface area contributed by atoms with E-state index in [9.17, 15) is 0 Å². The third-order valence-corrected chi connectivity index (χ3v) is 4.50. The summed E-state index contributed by atoms with van der Waals surface area (Å²) >= 11 is 0. The lowest BCUT2D eigenvalue weighted by Crippen LogP contribution is -2.24. The lowest BCUT2D eigenvalue weighted by molar-refractivity contribution is 0.323. The molecule has 0 aliphatic heterocycles. The first kappa shape index (κ1) is 20.4. The van der Waals surface area contributed by atoms with Gasteiger partial charge in [-0.25, -0.2) is 4.98 Å². The minimum absolute atomic E-state index is 0.510. The normalized spacial score (nSPS) is 11.0. The molecule has 5 heteroatoms. The number of aromatic nitrogens is 2. The van der Waals surface area contributed by atoms with E-state index in [0.29, 0.717) is 18.8 Å². The van der Waals surface area contributed by atoms with Gasteiger partial charge in [-0.1, -0.05) is 18.7 Å². The first-order chi connectivity index (χ1) is 14.0. The van der Waals surface area contributed by atoms with Crippen LogP contribution in [-0.2, 0) is 6.54 Å². The molecule has 0 unspecified atom stereocenters. The summed E-state index contributed by atoms with van der Waals surface area (Å²) in [6.45, 7) is 16.3. The molecule has 0 aliphatic rings. The minimum atomic E-state index is 0.510. The molecule has 1 aromatic carbocycles. The summed E-state index contributed by atoms with van der Waals surface area (Å²) in [7, 11) is 0. The first-order valence-electron chi connectivity index (χ1n) is 9.60. The van der Waals surface area contributed by atoms with E-state index >= 15 is 0 Å². The predicted molar refractivity (Wildman–Crippen MR) is 121 cm³/mol. The number of imidazole rings is 1. The number of anilines is 1. The molecule has 3 rings (SSSR count). The van der Waals surface area contributed by atoms with Crippen LogP contribution in [0, 0.1) is 0 Å². The van der Waals surface area contributed by atoms with Crippen molar-refractivity contribution in [3.05, 3.63) is 85.8 Å². The molecule has 29 heavy (non-hydrogen) atoms. The van der Waals surface area contributed by atoms with Gasteiger partial charge in [0, 0.05) is 37.1 Å². The first-order valence-corrected chi connectivity index (χ1v) is 9.60. The second-order valence-electron chi connectivity index (χ2n) is 7.14. The molecule has 0 saturated heterocycles. The van der Waals surface area contributed by atoms with Gasteiger partial charge in [0.15, 0.2) is 0 Å². The van der Waals surface area contributed by atoms with Gasteiger partial charge in [0.05, 0.1) is 11.4 Å². The average Bonchev–Trinajstić information content (AvgIpc) is 3.05. The van der Waals surface area contributed by atoms with Gasteiger partial charge >= 0.3 is 0 Å². The largest absolute Gasteiger partial charge is 0.489 e. The number of nitrogen functional groups attached to an aromatic ring is 1. The second-order valence-corrected chi connectivity index (χ2v) is 7.14. The highest BCUT2D eigenvalue weighted by Crippen LogP contribution is 2.28. The Morgan fingerprint density at radius 1 is 1.14 bits per heavy atom. The monoisotopic (exact) mass is 388 g/mol. The fourth-order valence-electron chi connectivity index (χ4n) is 3.19. The Hall–Kier alpha value is -3.31. The quantitative estimate of drug-likeness (QED) is 0.511. The van der Waals surface area contributed by atoms with Crippen LogP contribution in [0.5, 0.6) is 5.75 Å². The summed E-state index contributed by atoms with van der Waals surface area (Å²) in [4.78, 5) is 7.13. The highest BCUT2D eigenvalue weighted by molar-refractivity contribution is 5.68. The molecule has 150 valence electrons. The summed E-state index contributed by atoms with van der Waals surface area (Å²) in [5.41, 5.74) is 11.6. The maximum Gasteiger partial charge on any atom is 0.137 e. The molecule has 2 aromatic heterocycles. The number of rotatable bonds is 10. The number of pyridine rings is 1. The van der Waals surface area contributed by atoms with E-state index in [1.165, 1.54) is 0 Å². The number of nitrogens with two attached hydrogens (primary N) is 1. The highest BCUT2D eigenvalue weighted by Gasteiger charge is 2.17. The summed E-state index contributed by atoms with van der Waals surface area (Å²) in [6, 6.07) is 11.8. The van der Waals surface area contributed by atoms with Crippen LogP contribution >= 0.6 is 0 Å². The van der Waals surface area contributed by atoms with Gasteiger partial charge in [-0.15, -0.1) is 13.2 Å². The van der Waals surface area contributed by atoms with Crippen LogP contribution < -0.4 is 10.5 Å². The maximum atomic E-state index is 6.05. The zero-order valence-corrected chi connectivity index (χ0v) is 17.0. The van der Waals surface area contributed by atoms with E-state index in [2.05, 4.69) is 29.0 Å². The Morgan fingerprint density at radius 2 is 1.83 bits per heavy atom. The van der Waals surface area contributed by atoms with Gasteiger partial charge in [0.2, 0.25) is 0 Å². The molecule has 0 fully saturated rings. The molecule has 0 radical (unpaired) electrons. The van der Waals surface area contributed by atoms with Gasteiger partial charge in [-0.3, -0.25) is 4.90 Å². The Labute approximate surface area is 172 Å². The molecule has 3 aromatic rings. The van der Waals surface area contributed by atoms with Gasteiger partial charge in [0.1, 0.15) is 18.0 Å². The Bertz CT molecular complexity index is 1010. The van der Waals surface area contributed by atoms with Crippen molar-refractivity contribution in [2.45, 2.75) is 13.5 Å². The van der Waals surface area contributed by atoms with Crippen molar-refractivity contribution >= 4 is 11.3 Å². The summed E-state index contributed by atoms with van der Waals surface area (Å²) in [5.74, 6) is 0.811. The Kier molecular flexibility index (Phi) is 6.52. The fraction of sp³-hybridized carbons (Fsp3) is 0.208. The van der Waals surface area contributed by atoms with Crippen LogP contribution in [0.4, 0.5) is 5.69 Å². The van der Waals surface area contributed by atoms with E-state index in [-0.39, 0.29) is 0 Å². The van der Waals surface area contributed by atoms with E-state index in [0.717, 1.165) is 47.0 Å². The number of ether oxygens (including phenoxy) is 1. The number of hydrogen-bond acceptors (Lipinski definition) is 4. The van der Waals surface area contributed by atoms with Crippen LogP contribution in [0.25, 0.3) is 16.9 Å². The molecule has 0 aliphatic carbocycles. The van der Waals surface area contributed by atoms with Crippen LogP contribution in [0.3, 0.4) is 0 Å². The molecule has 0 bridgehead atoms. The van der Waals surface area contributed by atoms with Crippen molar-refractivity contribution in [1.29, 1.82) is 0 Å². The molecule has 0 spiro atoms. The number of fused-ring (bicyclic) bond motifs is 1. The molecule has 0 atom stereocenters. The molecular formula is C24H28N4O. The molecule has 0 saturated carbocycles. The number of benzene rings is 1. The number of hydrogen-bond donors (Lipinski definition) is 1. The van der Waals surface area contributed by atoms with Crippen molar-refractivity contribution in [3.63, 3.8) is 0 Å². The fourth-order valence-corrected chi connectivity index (χ4v) is 3.19. The van der Waals surface area contributed by atoms with Crippen molar-refractivity contribution in [2.75, 3.05) is 25.4 Å². The standard InChI is InChI=1S/C24H28N4O/c1-5-13-27(14-6-2)16-22-24(26-23-12-9-20(25)15-28(22)23)19-7-10-21(11-8-19)29-17-18(3)4/h5-12,15H,1-3,13-14,16-17,25H2,4H3. The van der Waals surface area contributed by atoms with Crippen LogP contribution in [0.15, 0.2) is 80.1 Å². The van der Waals surface area contributed by atoms with E-state index in [4.69, 9.17) is 15.5 Å². The van der Waals surface area contributed by atoms with Gasteiger partial charge in [-0.05, 0) is 48.9 Å². The number of nitrogens with zero attached hydrogens (tertiary/aromatic N) is 3. The Balaban J connectivity index is 2.01. The molecule has 2 N–H and O–H groups in total. The molecular weight excluding hydrogens is 360 g/mol. The molecule has 2 heterocycles. The summed E-state index contributed by atoms with van der Waals surface area (Å²) < 4.78 is 7.78. The van der Waals surface area contributed by atoms with E-state index in [1.54, 1.807) is 0 Å². The van der Waals surface area contributed by atoms with E-state index < -0.39 is 0 Å².